The standard InChI is InChI=1S/C10H11FN2O3S/c1-16-5-6-17(14,15)13-10-4-2-3-9(11)8(10)7-12/h2-4,13H,5-6H2,1H3. The predicted octanol–water partition coefficient (Wildman–Crippen LogP) is 1.09. The molecule has 92 valence electrons. The second kappa shape index (κ2) is 5.61. The molecule has 1 aromatic carbocycles. The lowest BCUT2D eigenvalue weighted by atomic mass is 10.2. The molecule has 0 fully saturated rings. The van der Waals surface area contributed by atoms with E-state index in [1.807, 2.05) is 0 Å². The van der Waals surface area contributed by atoms with E-state index in [0.29, 0.717) is 0 Å². The molecule has 1 rings (SSSR count). The Morgan fingerprint density at radius 1 is 1.53 bits per heavy atom. The van der Waals surface area contributed by atoms with Crippen molar-refractivity contribution in [2.45, 2.75) is 0 Å². The van der Waals surface area contributed by atoms with E-state index in [4.69, 9.17) is 5.26 Å². The van der Waals surface area contributed by atoms with Crippen LogP contribution in [0.1, 0.15) is 5.56 Å². The van der Waals surface area contributed by atoms with Gasteiger partial charge in [-0.15, -0.1) is 0 Å². The fraction of sp³-hybridized carbons (Fsp3) is 0.300. The molecular formula is C10H11FN2O3S. The van der Waals surface area contributed by atoms with E-state index in [1.165, 1.54) is 19.2 Å². The third-order valence-corrected chi connectivity index (χ3v) is 3.18. The number of anilines is 1. The molecule has 0 heterocycles. The van der Waals surface area contributed by atoms with Gasteiger partial charge < -0.3 is 4.74 Å². The van der Waals surface area contributed by atoms with Gasteiger partial charge in [-0.3, -0.25) is 4.72 Å². The maximum absolute atomic E-state index is 13.2. The zero-order chi connectivity index (χ0) is 12.9. The molecule has 1 aromatic rings. The van der Waals surface area contributed by atoms with Crippen LogP contribution in [0.15, 0.2) is 18.2 Å². The third kappa shape index (κ3) is 3.69. The van der Waals surface area contributed by atoms with Crippen LogP contribution < -0.4 is 4.72 Å². The molecule has 0 aliphatic heterocycles. The van der Waals surface area contributed by atoms with Crippen molar-refractivity contribution in [1.82, 2.24) is 0 Å². The Hall–Kier alpha value is -1.65. The third-order valence-electron chi connectivity index (χ3n) is 1.95. The summed E-state index contributed by atoms with van der Waals surface area (Å²) in [4.78, 5) is 0. The first kappa shape index (κ1) is 13.4. The number of nitriles is 1. The van der Waals surface area contributed by atoms with Gasteiger partial charge in [-0.1, -0.05) is 6.07 Å². The summed E-state index contributed by atoms with van der Waals surface area (Å²) in [6.45, 7) is 0.0204. The molecule has 17 heavy (non-hydrogen) atoms. The highest BCUT2D eigenvalue weighted by molar-refractivity contribution is 7.92. The summed E-state index contributed by atoms with van der Waals surface area (Å²) in [5, 5.41) is 8.72. The fourth-order valence-corrected chi connectivity index (χ4v) is 2.13. The van der Waals surface area contributed by atoms with Crippen molar-refractivity contribution in [3.05, 3.63) is 29.6 Å². The summed E-state index contributed by atoms with van der Waals surface area (Å²) >= 11 is 0. The van der Waals surface area contributed by atoms with Gasteiger partial charge in [0.1, 0.15) is 17.4 Å². The van der Waals surface area contributed by atoms with Crippen LogP contribution in [0.3, 0.4) is 0 Å². The van der Waals surface area contributed by atoms with E-state index in [0.717, 1.165) is 6.07 Å². The number of sulfonamides is 1. The number of hydrogen-bond acceptors (Lipinski definition) is 4. The smallest absolute Gasteiger partial charge is 0.235 e. The summed E-state index contributed by atoms with van der Waals surface area (Å²) < 4.78 is 43.0. The number of ether oxygens (including phenoxy) is 1. The summed E-state index contributed by atoms with van der Waals surface area (Å²) in [7, 11) is -2.27. The van der Waals surface area contributed by atoms with Gasteiger partial charge >= 0.3 is 0 Å². The van der Waals surface area contributed by atoms with Gasteiger partial charge in [0.25, 0.3) is 0 Å². The average Bonchev–Trinajstić information content (AvgIpc) is 2.26. The highest BCUT2D eigenvalue weighted by Crippen LogP contribution is 2.18. The summed E-state index contributed by atoms with van der Waals surface area (Å²) in [5.74, 6) is -1.02. The number of nitrogens with one attached hydrogen (secondary N) is 1. The van der Waals surface area contributed by atoms with Gasteiger partial charge in [-0.25, -0.2) is 12.8 Å². The van der Waals surface area contributed by atoms with Crippen molar-refractivity contribution in [2.24, 2.45) is 0 Å². The molecule has 0 aromatic heterocycles. The Bertz CT molecular complexity index is 537. The molecule has 0 atom stereocenters. The quantitative estimate of drug-likeness (QED) is 0.857. The predicted molar refractivity (Wildman–Crippen MR) is 60.4 cm³/mol. The number of halogens is 1. The van der Waals surface area contributed by atoms with E-state index < -0.39 is 15.8 Å². The van der Waals surface area contributed by atoms with Gasteiger partial charge in [0.15, 0.2) is 0 Å². The van der Waals surface area contributed by atoms with Crippen molar-refractivity contribution >= 4 is 15.7 Å². The Morgan fingerprint density at radius 2 is 2.24 bits per heavy atom. The molecular weight excluding hydrogens is 247 g/mol. The van der Waals surface area contributed by atoms with E-state index in [1.54, 1.807) is 6.07 Å². The SMILES string of the molecule is COCCS(=O)(=O)Nc1cccc(F)c1C#N. The van der Waals surface area contributed by atoms with E-state index >= 15 is 0 Å². The topological polar surface area (TPSA) is 79.2 Å². The number of benzene rings is 1. The van der Waals surface area contributed by atoms with E-state index in [9.17, 15) is 12.8 Å². The molecule has 5 nitrogen and oxygen atoms in total. The monoisotopic (exact) mass is 258 g/mol. The highest BCUT2D eigenvalue weighted by atomic mass is 32.2. The first-order valence-electron chi connectivity index (χ1n) is 4.68. The lowest BCUT2D eigenvalue weighted by Crippen LogP contribution is -2.20. The Balaban J connectivity index is 2.97. The van der Waals surface area contributed by atoms with Crippen LogP contribution in [0.5, 0.6) is 0 Å². The highest BCUT2D eigenvalue weighted by Gasteiger charge is 2.14. The number of rotatable bonds is 5. The first-order valence-corrected chi connectivity index (χ1v) is 6.33. The Labute approximate surface area is 98.9 Å². The molecule has 0 saturated heterocycles. The minimum absolute atomic E-state index is 0.0204. The zero-order valence-electron chi connectivity index (χ0n) is 9.10. The van der Waals surface area contributed by atoms with E-state index in [-0.39, 0.29) is 23.6 Å². The molecule has 0 spiro atoms. The molecule has 0 bridgehead atoms. The van der Waals surface area contributed by atoms with Crippen LogP contribution in [0.25, 0.3) is 0 Å². The van der Waals surface area contributed by atoms with Crippen LogP contribution in [-0.4, -0.2) is 27.9 Å². The van der Waals surface area contributed by atoms with Gasteiger partial charge in [0.05, 0.1) is 18.0 Å². The van der Waals surface area contributed by atoms with Crippen molar-refractivity contribution in [1.29, 1.82) is 5.26 Å². The van der Waals surface area contributed by atoms with Crippen LogP contribution in [-0.2, 0) is 14.8 Å². The normalized spacial score (nSPS) is 10.9. The average molecular weight is 258 g/mol. The summed E-state index contributed by atoms with van der Waals surface area (Å²) in [5.41, 5.74) is -0.392. The lowest BCUT2D eigenvalue weighted by Gasteiger charge is -2.09. The number of methoxy groups -OCH3 is 1. The van der Waals surface area contributed by atoms with Gasteiger partial charge in [0, 0.05) is 7.11 Å². The maximum Gasteiger partial charge on any atom is 0.235 e. The minimum Gasteiger partial charge on any atom is -0.384 e. The fourth-order valence-electron chi connectivity index (χ4n) is 1.13. The molecule has 0 aliphatic rings. The molecule has 0 aliphatic carbocycles. The zero-order valence-corrected chi connectivity index (χ0v) is 9.92. The van der Waals surface area contributed by atoms with Gasteiger partial charge in [-0.05, 0) is 12.1 Å². The molecule has 0 radical (unpaired) electrons. The first-order chi connectivity index (χ1) is 8.00. The lowest BCUT2D eigenvalue weighted by molar-refractivity contribution is 0.217. The Kier molecular flexibility index (Phi) is 4.43. The van der Waals surface area contributed by atoms with Gasteiger partial charge in [0.2, 0.25) is 10.0 Å². The molecule has 1 N–H and O–H groups in total. The second-order valence-electron chi connectivity index (χ2n) is 3.19. The second-order valence-corrected chi connectivity index (χ2v) is 5.03. The molecule has 0 saturated carbocycles. The summed E-state index contributed by atoms with van der Waals surface area (Å²) in [6, 6.07) is 5.35. The van der Waals surface area contributed by atoms with Crippen molar-refractivity contribution in [2.75, 3.05) is 24.2 Å². The minimum atomic E-state index is -3.64. The largest absolute Gasteiger partial charge is 0.384 e. The van der Waals surface area contributed by atoms with E-state index in [2.05, 4.69) is 9.46 Å². The van der Waals surface area contributed by atoms with Gasteiger partial charge in [-0.2, -0.15) is 5.26 Å². The van der Waals surface area contributed by atoms with Crippen molar-refractivity contribution in [3.63, 3.8) is 0 Å². The van der Waals surface area contributed by atoms with Crippen LogP contribution in [0, 0.1) is 17.1 Å². The number of nitrogens with zero attached hydrogens (tertiary/aromatic N) is 1. The van der Waals surface area contributed by atoms with Crippen molar-refractivity contribution in [3.8, 4) is 6.07 Å². The van der Waals surface area contributed by atoms with Crippen molar-refractivity contribution < 1.29 is 17.5 Å². The van der Waals surface area contributed by atoms with Crippen LogP contribution in [0.4, 0.5) is 10.1 Å². The van der Waals surface area contributed by atoms with Crippen LogP contribution in [0.2, 0.25) is 0 Å². The molecule has 0 amide bonds. The maximum atomic E-state index is 13.2. The Morgan fingerprint density at radius 3 is 2.82 bits per heavy atom. The molecule has 7 heteroatoms. The van der Waals surface area contributed by atoms with Crippen LogP contribution >= 0.6 is 0 Å². The summed E-state index contributed by atoms with van der Waals surface area (Å²) in [6.07, 6.45) is 0. The molecule has 0 unspecified atom stereocenters. The number of hydrogen-bond donors (Lipinski definition) is 1.